The molecule has 6 N–H and O–H groups in total. The molecule has 0 aromatic rings. The van der Waals surface area contributed by atoms with E-state index in [2.05, 4.69) is 4.52 Å². The first-order valence-electron chi connectivity index (χ1n) is 4.42. The number of hydrogen-bond acceptors (Lipinski definition) is 6. The fraction of sp³-hybridized carbons (Fsp3) is 1.00. The predicted octanol–water partition coefficient (Wildman–Crippen LogP) is -1.57. The number of aliphatic hydroxyl groups excluding tert-OH is 2. The van der Waals surface area contributed by atoms with E-state index >= 15 is 0 Å². The van der Waals surface area contributed by atoms with Crippen LogP contribution in [0.4, 0.5) is 0 Å². The zero-order valence-electron chi connectivity index (χ0n) is 9.00. The average molecular weight is 294 g/mol. The minimum atomic E-state index is -4.73. The molecular weight excluding hydrogens is 278 g/mol. The van der Waals surface area contributed by atoms with Crippen molar-refractivity contribution in [1.82, 2.24) is 0 Å². The summed E-state index contributed by atoms with van der Waals surface area (Å²) in [5.41, 5.74) is -1.94. The van der Waals surface area contributed by atoms with E-state index in [1.165, 1.54) is 0 Å². The fourth-order valence-electron chi connectivity index (χ4n) is 0.746. The molecule has 0 aromatic carbocycles. The minimum absolute atomic E-state index is 0.814. The zero-order chi connectivity index (χ0) is 13.9. The predicted molar refractivity (Wildman–Crippen MR) is 56.4 cm³/mol. The summed E-state index contributed by atoms with van der Waals surface area (Å²) in [6, 6.07) is 0. The Balaban J connectivity index is 4.38. The topological polar surface area (TPSA) is 165 Å². The van der Waals surface area contributed by atoms with Crippen molar-refractivity contribution < 1.29 is 43.7 Å². The molecule has 0 aliphatic carbocycles. The van der Waals surface area contributed by atoms with E-state index in [-0.39, 0.29) is 0 Å². The molecule has 0 aromatic heterocycles. The molecule has 1 unspecified atom stereocenters. The highest BCUT2D eigenvalue weighted by molar-refractivity contribution is 7.70. The van der Waals surface area contributed by atoms with Gasteiger partial charge in [0.1, 0.15) is 11.7 Å². The van der Waals surface area contributed by atoms with E-state index in [1.807, 2.05) is 0 Å². The van der Waals surface area contributed by atoms with E-state index in [0.29, 0.717) is 0 Å². The van der Waals surface area contributed by atoms with Crippen LogP contribution in [0.1, 0.15) is 6.92 Å². The van der Waals surface area contributed by atoms with Crippen molar-refractivity contribution in [3.63, 3.8) is 0 Å². The van der Waals surface area contributed by atoms with Crippen LogP contribution in [-0.2, 0) is 13.7 Å². The molecule has 3 atom stereocenters. The van der Waals surface area contributed by atoms with Gasteiger partial charge < -0.3 is 34.5 Å². The van der Waals surface area contributed by atoms with Crippen molar-refractivity contribution >= 4 is 15.2 Å². The molecule has 11 heteroatoms. The van der Waals surface area contributed by atoms with Crippen molar-refractivity contribution in [2.45, 2.75) is 18.6 Å². The maximum absolute atomic E-state index is 11.1. The maximum Gasteiger partial charge on any atom is 0.340 e. The van der Waals surface area contributed by atoms with Gasteiger partial charge in [-0.15, -0.1) is 0 Å². The van der Waals surface area contributed by atoms with Crippen molar-refractivity contribution in [2.75, 3.05) is 19.1 Å². The first-order chi connectivity index (χ1) is 7.40. The van der Waals surface area contributed by atoms with Gasteiger partial charge in [-0.2, -0.15) is 0 Å². The lowest BCUT2D eigenvalue weighted by atomic mass is 10.0. The minimum Gasteiger partial charge on any atom is -0.393 e. The highest BCUT2D eigenvalue weighted by Crippen LogP contribution is 2.55. The average Bonchev–Trinajstić information content (AvgIpc) is 2.10. The van der Waals surface area contributed by atoms with Gasteiger partial charge in [-0.25, -0.2) is 0 Å². The standard InChI is InChI=1S/C6H16O9P2/c1-6(9,3-7)5(8)2-15-17(13,14)4-16(10,11)12/h5,7-9H,2-4H2,1H3,(H,13,14)(H2,10,11,12)/t5-,6+/m1/s1. The van der Waals surface area contributed by atoms with Gasteiger partial charge in [0.25, 0.3) is 0 Å². The molecule has 0 aliphatic heterocycles. The molecule has 9 nitrogen and oxygen atoms in total. The summed E-state index contributed by atoms with van der Waals surface area (Å²) < 4.78 is 25.9. The monoisotopic (exact) mass is 294 g/mol. The maximum atomic E-state index is 11.1. The van der Waals surface area contributed by atoms with E-state index in [9.17, 15) is 19.3 Å². The van der Waals surface area contributed by atoms with Gasteiger partial charge >= 0.3 is 15.2 Å². The van der Waals surface area contributed by atoms with Crippen LogP contribution in [0.25, 0.3) is 0 Å². The SMILES string of the molecule is C[C@](O)(CO)[C@H](O)COP(=O)(O)CP(=O)(O)O. The van der Waals surface area contributed by atoms with Gasteiger partial charge in [-0.1, -0.05) is 0 Å². The summed E-state index contributed by atoms with van der Waals surface area (Å²) >= 11 is 0. The first-order valence-corrected chi connectivity index (χ1v) is 7.98. The quantitative estimate of drug-likeness (QED) is 0.304. The Morgan fingerprint density at radius 3 is 2.12 bits per heavy atom. The van der Waals surface area contributed by atoms with E-state index in [4.69, 9.17) is 19.8 Å². The summed E-state index contributed by atoms with van der Waals surface area (Å²) in [5.74, 6) is -1.38. The second-order valence-electron chi connectivity index (χ2n) is 3.77. The van der Waals surface area contributed by atoms with Gasteiger partial charge in [-0.05, 0) is 6.92 Å². The lowest BCUT2D eigenvalue weighted by Gasteiger charge is -2.27. The van der Waals surface area contributed by atoms with E-state index < -0.39 is 46.0 Å². The summed E-state index contributed by atoms with van der Waals surface area (Å²) in [6.07, 6.45) is -1.68. The van der Waals surface area contributed by atoms with Crippen LogP contribution >= 0.6 is 15.2 Å². The number of rotatable bonds is 7. The Bertz CT molecular complexity index is 334. The third-order valence-corrected chi connectivity index (χ3v) is 5.29. The molecule has 0 saturated carbocycles. The Hall–Kier alpha value is 0.180. The fourth-order valence-corrected chi connectivity index (χ4v) is 3.31. The molecule has 0 saturated heterocycles. The normalized spacial score (nSPS) is 21.6. The Morgan fingerprint density at radius 2 is 1.76 bits per heavy atom. The summed E-state index contributed by atoms with van der Waals surface area (Å²) in [7, 11) is -9.29. The Kier molecular flexibility index (Phi) is 5.94. The molecule has 0 aliphatic rings. The van der Waals surface area contributed by atoms with Crippen LogP contribution in [0.3, 0.4) is 0 Å². The largest absolute Gasteiger partial charge is 0.393 e. The van der Waals surface area contributed by atoms with Crippen LogP contribution < -0.4 is 0 Å². The molecular formula is C6H16O9P2. The van der Waals surface area contributed by atoms with Crippen molar-refractivity contribution in [3.8, 4) is 0 Å². The van der Waals surface area contributed by atoms with Crippen LogP contribution in [-0.4, -0.2) is 60.8 Å². The summed E-state index contributed by atoms with van der Waals surface area (Å²) in [6.45, 7) is -0.598. The highest BCUT2D eigenvalue weighted by atomic mass is 31.2. The van der Waals surface area contributed by atoms with Crippen LogP contribution in [0.5, 0.6) is 0 Å². The second kappa shape index (κ2) is 5.88. The van der Waals surface area contributed by atoms with Crippen molar-refractivity contribution in [2.24, 2.45) is 0 Å². The zero-order valence-corrected chi connectivity index (χ0v) is 10.8. The summed E-state index contributed by atoms with van der Waals surface area (Å²) in [5, 5.41) is 27.3. The van der Waals surface area contributed by atoms with Crippen LogP contribution in [0, 0.1) is 0 Å². The molecule has 0 heterocycles. The Labute approximate surface area is 97.4 Å². The smallest absolute Gasteiger partial charge is 0.340 e. The highest BCUT2D eigenvalue weighted by Gasteiger charge is 2.35. The lowest BCUT2D eigenvalue weighted by Crippen LogP contribution is -2.45. The molecule has 0 fully saturated rings. The lowest BCUT2D eigenvalue weighted by molar-refractivity contribution is -0.106. The van der Waals surface area contributed by atoms with Crippen LogP contribution in [0.15, 0.2) is 0 Å². The van der Waals surface area contributed by atoms with Gasteiger partial charge in [0, 0.05) is 0 Å². The molecule has 0 amide bonds. The Morgan fingerprint density at radius 1 is 1.29 bits per heavy atom. The first kappa shape index (κ1) is 17.2. The number of hydrogen-bond donors (Lipinski definition) is 6. The van der Waals surface area contributed by atoms with Gasteiger partial charge in [-0.3, -0.25) is 9.13 Å². The van der Waals surface area contributed by atoms with E-state index in [1.54, 1.807) is 0 Å². The molecule has 0 rings (SSSR count). The van der Waals surface area contributed by atoms with Crippen molar-refractivity contribution in [3.05, 3.63) is 0 Å². The second-order valence-corrected chi connectivity index (χ2v) is 7.76. The molecule has 104 valence electrons. The van der Waals surface area contributed by atoms with E-state index in [0.717, 1.165) is 6.92 Å². The molecule has 0 bridgehead atoms. The van der Waals surface area contributed by atoms with Gasteiger partial charge in [0.05, 0.1) is 13.2 Å². The molecule has 0 spiro atoms. The van der Waals surface area contributed by atoms with Crippen LogP contribution in [0.2, 0.25) is 0 Å². The molecule has 17 heavy (non-hydrogen) atoms. The molecule has 0 radical (unpaired) electrons. The van der Waals surface area contributed by atoms with Crippen molar-refractivity contribution in [1.29, 1.82) is 0 Å². The van der Waals surface area contributed by atoms with Gasteiger partial charge in [0.15, 0.2) is 5.90 Å². The summed E-state index contributed by atoms with van der Waals surface area (Å²) in [4.78, 5) is 26.0. The number of aliphatic hydroxyl groups is 3. The third kappa shape index (κ3) is 7.25. The van der Waals surface area contributed by atoms with Gasteiger partial charge in [0.2, 0.25) is 0 Å². The third-order valence-electron chi connectivity index (χ3n) is 1.84.